The van der Waals surface area contributed by atoms with Gasteiger partial charge >= 0.3 is 6.18 Å². The monoisotopic (exact) mass is 386 g/mol. The third-order valence-corrected chi connectivity index (χ3v) is 3.14. The lowest BCUT2D eigenvalue weighted by Gasteiger charge is -2.17. The lowest BCUT2D eigenvalue weighted by Crippen LogP contribution is -2.28. The molecule has 0 aliphatic rings. The van der Waals surface area contributed by atoms with Crippen LogP contribution in [0.4, 0.5) is 18.9 Å². The number of nitrogens with one attached hydrogen (secondary N) is 1. The second kappa shape index (κ2) is 11.1. The zero-order valence-corrected chi connectivity index (χ0v) is 14.7. The first-order valence-corrected chi connectivity index (χ1v) is 7.17. The quantitative estimate of drug-likeness (QED) is 0.637. The Morgan fingerprint density at radius 1 is 1.28 bits per heavy atom. The molecule has 3 N–H and O–H groups in total. The second-order valence-electron chi connectivity index (χ2n) is 4.90. The van der Waals surface area contributed by atoms with Gasteiger partial charge in [0, 0.05) is 20.8 Å². The molecule has 0 saturated heterocycles. The third-order valence-electron chi connectivity index (χ3n) is 3.14. The molecule has 1 aromatic rings. The van der Waals surface area contributed by atoms with Gasteiger partial charge in [-0.05, 0) is 18.2 Å². The molecule has 25 heavy (non-hydrogen) atoms. The number of alkyl halides is 3. The first-order chi connectivity index (χ1) is 11.3. The van der Waals surface area contributed by atoms with E-state index in [0.29, 0.717) is 0 Å². The van der Waals surface area contributed by atoms with E-state index in [0.717, 1.165) is 18.2 Å². The maximum absolute atomic E-state index is 12.9. The van der Waals surface area contributed by atoms with Crippen LogP contribution < -0.4 is 15.8 Å². The smallest absolute Gasteiger partial charge is 0.416 e. The van der Waals surface area contributed by atoms with Gasteiger partial charge in [-0.2, -0.15) is 13.2 Å². The second-order valence-corrected chi connectivity index (χ2v) is 4.90. The molecule has 1 atom stereocenters. The van der Waals surface area contributed by atoms with E-state index in [9.17, 15) is 18.0 Å². The zero-order chi connectivity index (χ0) is 18.2. The van der Waals surface area contributed by atoms with E-state index in [1.807, 2.05) is 0 Å². The molecule has 0 radical (unpaired) electrons. The molecular weight excluding hydrogens is 365 g/mol. The molecule has 6 nitrogen and oxygen atoms in total. The van der Waals surface area contributed by atoms with Crippen LogP contribution in [0.5, 0.6) is 5.75 Å². The fraction of sp³-hybridized carbons (Fsp3) is 0.533. The number of anilines is 1. The molecule has 1 rings (SSSR count). The Morgan fingerprint density at radius 3 is 2.48 bits per heavy atom. The van der Waals surface area contributed by atoms with Gasteiger partial charge in [-0.15, -0.1) is 12.4 Å². The number of carbonyl (C=O) groups excluding carboxylic acids is 1. The van der Waals surface area contributed by atoms with Crippen LogP contribution in [0, 0.1) is 0 Å². The Kier molecular flexibility index (Phi) is 10.4. The average molecular weight is 387 g/mol. The summed E-state index contributed by atoms with van der Waals surface area (Å²) in [4.78, 5) is 12.0. The van der Waals surface area contributed by atoms with Crippen molar-refractivity contribution < 1.29 is 32.2 Å². The van der Waals surface area contributed by atoms with Gasteiger partial charge in [0.15, 0.2) is 0 Å². The van der Waals surface area contributed by atoms with Crippen LogP contribution in [-0.2, 0) is 20.4 Å². The minimum Gasteiger partial charge on any atom is -0.489 e. The van der Waals surface area contributed by atoms with E-state index in [1.54, 1.807) is 0 Å². The summed E-state index contributed by atoms with van der Waals surface area (Å²) in [6.45, 7) is 0.505. The molecule has 0 fully saturated rings. The van der Waals surface area contributed by atoms with E-state index < -0.39 is 23.8 Å². The standard InChI is InChI=1S/C15H21F3N2O4.ClH/c1-22-5-6-24-13-4-3-10(15(16,17)18)7-12(13)20-14(21)8-11(9-19)23-2;/h3-4,7,11H,5-6,8-9,19H2,1-2H3,(H,20,21);1H. The molecule has 0 aromatic heterocycles. The van der Waals surface area contributed by atoms with Gasteiger partial charge in [-0.25, -0.2) is 0 Å². The van der Waals surface area contributed by atoms with E-state index in [2.05, 4.69) is 5.32 Å². The Morgan fingerprint density at radius 2 is 1.96 bits per heavy atom. The van der Waals surface area contributed by atoms with Crippen LogP contribution in [0.3, 0.4) is 0 Å². The summed E-state index contributed by atoms with van der Waals surface area (Å²) in [5.74, 6) is -0.404. The fourth-order valence-corrected chi connectivity index (χ4v) is 1.84. The molecule has 1 unspecified atom stereocenters. The summed E-state index contributed by atoms with van der Waals surface area (Å²) < 4.78 is 53.7. The van der Waals surface area contributed by atoms with Gasteiger partial charge < -0.3 is 25.3 Å². The van der Waals surface area contributed by atoms with Crippen LogP contribution in [0.2, 0.25) is 0 Å². The maximum Gasteiger partial charge on any atom is 0.416 e. The SMILES string of the molecule is COCCOc1ccc(C(F)(F)F)cc1NC(=O)CC(CN)OC.Cl. The normalized spacial score (nSPS) is 12.2. The first-order valence-electron chi connectivity index (χ1n) is 7.17. The van der Waals surface area contributed by atoms with Gasteiger partial charge in [0.25, 0.3) is 0 Å². The summed E-state index contributed by atoms with van der Waals surface area (Å²) in [6, 6.07) is 2.87. The first kappa shape index (κ1) is 23.4. The van der Waals surface area contributed by atoms with Gasteiger partial charge in [0.2, 0.25) is 5.91 Å². The molecule has 144 valence electrons. The Bertz CT molecular complexity index is 540. The van der Waals surface area contributed by atoms with E-state index in [4.69, 9.17) is 19.9 Å². The highest BCUT2D eigenvalue weighted by Crippen LogP contribution is 2.35. The number of hydrogen-bond acceptors (Lipinski definition) is 5. The average Bonchev–Trinajstić information content (AvgIpc) is 2.53. The molecule has 0 bridgehead atoms. The molecule has 0 spiro atoms. The van der Waals surface area contributed by atoms with Crippen molar-refractivity contribution in [2.24, 2.45) is 5.73 Å². The van der Waals surface area contributed by atoms with Crippen molar-refractivity contribution in [3.8, 4) is 5.75 Å². The minimum atomic E-state index is -4.53. The molecule has 10 heteroatoms. The van der Waals surface area contributed by atoms with Crippen molar-refractivity contribution in [2.75, 3.05) is 39.3 Å². The van der Waals surface area contributed by atoms with E-state index in [-0.39, 0.29) is 50.0 Å². The van der Waals surface area contributed by atoms with Crippen LogP contribution in [0.15, 0.2) is 18.2 Å². The fourth-order valence-electron chi connectivity index (χ4n) is 1.84. The number of nitrogens with two attached hydrogens (primary N) is 1. The highest BCUT2D eigenvalue weighted by molar-refractivity contribution is 5.92. The van der Waals surface area contributed by atoms with Crippen molar-refractivity contribution in [1.82, 2.24) is 0 Å². The van der Waals surface area contributed by atoms with Gasteiger partial charge in [0.1, 0.15) is 12.4 Å². The van der Waals surface area contributed by atoms with Crippen LogP contribution in [0.25, 0.3) is 0 Å². The van der Waals surface area contributed by atoms with Crippen molar-refractivity contribution in [3.63, 3.8) is 0 Å². The minimum absolute atomic E-state index is 0. The number of benzene rings is 1. The van der Waals surface area contributed by atoms with Crippen LogP contribution in [0.1, 0.15) is 12.0 Å². The number of rotatable bonds is 9. The maximum atomic E-state index is 12.9. The van der Waals surface area contributed by atoms with Crippen molar-refractivity contribution in [3.05, 3.63) is 23.8 Å². The number of amides is 1. The van der Waals surface area contributed by atoms with Crippen molar-refractivity contribution in [1.29, 1.82) is 0 Å². The summed E-state index contributed by atoms with van der Waals surface area (Å²) in [5.41, 5.74) is 4.46. The van der Waals surface area contributed by atoms with Gasteiger partial charge in [-0.1, -0.05) is 0 Å². The molecule has 0 saturated carbocycles. The number of ether oxygens (including phenoxy) is 3. The number of halogens is 4. The lowest BCUT2D eigenvalue weighted by molar-refractivity contribution is -0.137. The highest BCUT2D eigenvalue weighted by Gasteiger charge is 2.31. The predicted molar refractivity (Wildman–Crippen MR) is 89.2 cm³/mol. The van der Waals surface area contributed by atoms with Crippen molar-refractivity contribution in [2.45, 2.75) is 18.7 Å². The molecule has 0 heterocycles. The molecule has 0 aliphatic carbocycles. The Hall–Kier alpha value is -1.55. The Balaban J connectivity index is 0.00000576. The highest BCUT2D eigenvalue weighted by atomic mass is 35.5. The van der Waals surface area contributed by atoms with E-state index >= 15 is 0 Å². The number of hydrogen-bond donors (Lipinski definition) is 2. The molecule has 1 amide bonds. The van der Waals surface area contributed by atoms with Crippen LogP contribution >= 0.6 is 12.4 Å². The zero-order valence-electron chi connectivity index (χ0n) is 13.9. The van der Waals surface area contributed by atoms with Gasteiger partial charge in [-0.3, -0.25) is 4.79 Å². The van der Waals surface area contributed by atoms with Gasteiger partial charge in [0.05, 0.1) is 30.4 Å². The number of methoxy groups -OCH3 is 2. The molecular formula is C15H22ClF3N2O4. The summed E-state index contributed by atoms with van der Waals surface area (Å²) in [7, 11) is 2.87. The van der Waals surface area contributed by atoms with E-state index in [1.165, 1.54) is 14.2 Å². The summed E-state index contributed by atoms with van der Waals surface area (Å²) >= 11 is 0. The summed E-state index contributed by atoms with van der Waals surface area (Å²) in [6.07, 6.45) is -5.13. The lowest BCUT2D eigenvalue weighted by atomic mass is 10.1. The predicted octanol–water partition coefficient (Wildman–Crippen LogP) is 2.45. The number of carbonyl (C=O) groups is 1. The van der Waals surface area contributed by atoms with Crippen LogP contribution in [-0.4, -0.2) is 46.0 Å². The topological polar surface area (TPSA) is 82.8 Å². The Labute approximate surface area is 150 Å². The largest absolute Gasteiger partial charge is 0.489 e. The summed E-state index contributed by atoms with van der Waals surface area (Å²) in [5, 5.41) is 2.41. The molecule has 0 aliphatic heterocycles. The molecule has 1 aromatic carbocycles. The van der Waals surface area contributed by atoms with Crippen molar-refractivity contribution >= 4 is 24.0 Å². The third kappa shape index (κ3) is 7.91.